The molecule has 2 aliphatic rings. The third kappa shape index (κ3) is 4.14. The van der Waals surface area contributed by atoms with E-state index in [0.29, 0.717) is 16.6 Å². The fourth-order valence-electron chi connectivity index (χ4n) is 3.93. The first kappa shape index (κ1) is 22.1. The maximum absolute atomic E-state index is 13.2. The number of aromatic nitrogens is 2. The maximum Gasteiger partial charge on any atom is 0.339 e. The number of hydrogen-bond donors (Lipinski definition) is 2. The van der Waals surface area contributed by atoms with Crippen molar-refractivity contribution >= 4 is 40.4 Å². The molecule has 1 saturated carbocycles. The average Bonchev–Trinajstić information content (AvgIpc) is 3.39. The topological polar surface area (TPSA) is 133 Å². The van der Waals surface area contributed by atoms with Crippen molar-refractivity contribution in [2.75, 3.05) is 13.2 Å². The van der Waals surface area contributed by atoms with Gasteiger partial charge < -0.3 is 24.6 Å². The van der Waals surface area contributed by atoms with Gasteiger partial charge in [-0.05, 0) is 44.2 Å². The van der Waals surface area contributed by atoms with E-state index >= 15 is 0 Å². The van der Waals surface area contributed by atoms with E-state index < -0.39 is 24.0 Å². The third-order valence-corrected chi connectivity index (χ3v) is 6.61. The molecule has 1 aliphatic heterocycles. The summed E-state index contributed by atoms with van der Waals surface area (Å²) >= 11 is 1.39. The highest BCUT2D eigenvalue weighted by atomic mass is 32.1. The molecule has 3 aromatic rings. The van der Waals surface area contributed by atoms with Crippen LogP contribution in [0.4, 0.5) is 4.79 Å². The van der Waals surface area contributed by atoms with Crippen molar-refractivity contribution in [1.29, 1.82) is 0 Å². The van der Waals surface area contributed by atoms with Crippen LogP contribution in [-0.4, -0.2) is 41.3 Å². The van der Waals surface area contributed by atoms with Gasteiger partial charge in [0.2, 0.25) is 0 Å². The number of thiophene rings is 1. The van der Waals surface area contributed by atoms with Crippen LogP contribution in [0.25, 0.3) is 11.1 Å². The average molecular weight is 483 g/mol. The Labute approximate surface area is 198 Å². The number of nitrogens with zero attached hydrogens (tertiary/aromatic N) is 2. The van der Waals surface area contributed by atoms with Crippen LogP contribution in [0.2, 0.25) is 0 Å². The molecular weight excluding hydrogens is 460 g/mol. The number of pyridine rings is 1. The fourth-order valence-corrected chi connectivity index (χ4v) is 4.71. The first-order valence-electron chi connectivity index (χ1n) is 10.9. The molecule has 1 fully saturated rings. The minimum absolute atomic E-state index is 0.159. The molecule has 0 saturated heterocycles. The number of carbonyl (C=O) groups excluding carboxylic acids is 3. The van der Waals surface area contributed by atoms with Crippen molar-refractivity contribution in [3.05, 3.63) is 56.7 Å². The molecule has 5 rings (SSSR count). The minimum atomic E-state index is -0.712. The number of fused-ring (bicyclic) bond motifs is 1. The molecule has 0 bridgehead atoms. The largest absolute Gasteiger partial charge is 0.463 e. The van der Waals surface area contributed by atoms with Gasteiger partial charge in [0.1, 0.15) is 6.61 Å². The number of aryl methyl sites for hydroxylation is 1. The first-order chi connectivity index (χ1) is 16.5. The maximum atomic E-state index is 13.2. The highest BCUT2D eigenvalue weighted by molar-refractivity contribution is 7.10. The molecular formula is C23H22N4O6S. The van der Waals surface area contributed by atoms with Gasteiger partial charge in [-0.3, -0.25) is 0 Å². The molecule has 0 aromatic carbocycles. The van der Waals surface area contributed by atoms with Crippen LogP contribution in [0.5, 0.6) is 0 Å². The number of esters is 2. The Morgan fingerprint density at radius 3 is 2.79 bits per heavy atom. The van der Waals surface area contributed by atoms with Gasteiger partial charge in [0.25, 0.3) is 5.71 Å². The molecule has 34 heavy (non-hydrogen) atoms. The zero-order valence-electron chi connectivity index (χ0n) is 18.5. The summed E-state index contributed by atoms with van der Waals surface area (Å²) in [4.78, 5) is 43.6. The number of ether oxygens (including phenoxy) is 2. The van der Waals surface area contributed by atoms with Crippen molar-refractivity contribution in [2.45, 2.75) is 38.6 Å². The van der Waals surface area contributed by atoms with Gasteiger partial charge in [-0.25, -0.2) is 19.4 Å². The molecule has 2 N–H and O–H groups in total. The molecule has 1 unspecified atom stereocenters. The SMILES string of the molecule is CCOC(=O)C1=C(COC(=O)c2cc(C3CC3)nc3onc(C)c23)NC(=O)NC1c1cccs1. The number of carbonyl (C=O) groups is 3. The van der Waals surface area contributed by atoms with Gasteiger partial charge in [-0.1, -0.05) is 11.2 Å². The second kappa shape index (κ2) is 8.90. The van der Waals surface area contributed by atoms with Crippen LogP contribution < -0.4 is 10.6 Å². The van der Waals surface area contributed by atoms with E-state index in [2.05, 4.69) is 20.8 Å². The van der Waals surface area contributed by atoms with Crippen LogP contribution >= 0.6 is 11.3 Å². The Balaban J connectivity index is 1.47. The van der Waals surface area contributed by atoms with Gasteiger partial charge in [-0.2, -0.15) is 0 Å². The van der Waals surface area contributed by atoms with Crippen molar-refractivity contribution < 1.29 is 28.4 Å². The zero-order valence-corrected chi connectivity index (χ0v) is 19.4. The van der Waals surface area contributed by atoms with E-state index in [-0.39, 0.29) is 36.1 Å². The van der Waals surface area contributed by atoms with Gasteiger partial charge in [-0.15, -0.1) is 11.3 Å². The van der Waals surface area contributed by atoms with Gasteiger partial charge in [0.15, 0.2) is 0 Å². The number of amides is 2. The first-order valence-corrected chi connectivity index (χ1v) is 11.8. The van der Waals surface area contributed by atoms with E-state index in [1.165, 1.54) is 11.3 Å². The molecule has 1 atom stereocenters. The summed E-state index contributed by atoms with van der Waals surface area (Å²) in [5, 5.41) is 11.6. The lowest BCUT2D eigenvalue weighted by Gasteiger charge is -2.28. The number of nitrogens with one attached hydrogen (secondary N) is 2. The third-order valence-electron chi connectivity index (χ3n) is 5.68. The molecule has 3 aromatic heterocycles. The molecule has 0 radical (unpaired) electrons. The summed E-state index contributed by atoms with van der Waals surface area (Å²) < 4.78 is 16.1. The lowest BCUT2D eigenvalue weighted by atomic mass is 10.0. The van der Waals surface area contributed by atoms with Crippen molar-refractivity contribution in [3.63, 3.8) is 0 Å². The van der Waals surface area contributed by atoms with E-state index in [4.69, 9.17) is 14.0 Å². The number of urea groups is 1. The normalized spacial score (nSPS) is 17.9. The summed E-state index contributed by atoms with van der Waals surface area (Å²) in [7, 11) is 0. The second-order valence-corrected chi connectivity index (χ2v) is 9.03. The van der Waals surface area contributed by atoms with Gasteiger partial charge in [0.05, 0.1) is 40.6 Å². The van der Waals surface area contributed by atoms with Crippen LogP contribution in [-0.2, 0) is 14.3 Å². The summed E-state index contributed by atoms with van der Waals surface area (Å²) in [5.41, 5.74) is 2.22. The quantitative estimate of drug-likeness (QED) is 0.489. The predicted octanol–water partition coefficient (Wildman–Crippen LogP) is 3.50. The van der Waals surface area contributed by atoms with E-state index in [1.54, 1.807) is 19.9 Å². The Morgan fingerprint density at radius 2 is 2.09 bits per heavy atom. The Morgan fingerprint density at radius 1 is 1.26 bits per heavy atom. The van der Waals surface area contributed by atoms with Crippen LogP contribution in [0.3, 0.4) is 0 Å². The minimum Gasteiger partial charge on any atom is -0.463 e. The highest BCUT2D eigenvalue weighted by Gasteiger charge is 2.35. The molecule has 1 aliphatic carbocycles. The second-order valence-electron chi connectivity index (χ2n) is 8.05. The molecule has 11 heteroatoms. The fraction of sp³-hybridized carbons (Fsp3) is 0.348. The van der Waals surface area contributed by atoms with Gasteiger partial charge in [0, 0.05) is 16.5 Å². The highest BCUT2D eigenvalue weighted by Crippen LogP contribution is 2.40. The van der Waals surface area contributed by atoms with Gasteiger partial charge >= 0.3 is 18.0 Å². The van der Waals surface area contributed by atoms with Crippen LogP contribution in [0.1, 0.15) is 58.3 Å². The Kier molecular flexibility index (Phi) is 5.78. The standard InChI is InChI=1S/C23H22N4O6S/c1-3-31-22(29)18-15(25-23(30)26-19(18)16-5-4-8-34-16)10-32-21(28)13-9-14(12-6-7-12)24-20-17(13)11(2)27-33-20/h4-5,8-9,12,19H,3,6-7,10H2,1-2H3,(H2,25,26,30). The molecule has 0 spiro atoms. The lowest BCUT2D eigenvalue weighted by molar-refractivity contribution is -0.139. The van der Waals surface area contributed by atoms with Crippen LogP contribution in [0.15, 0.2) is 39.4 Å². The van der Waals surface area contributed by atoms with E-state index in [1.807, 2.05) is 17.5 Å². The predicted molar refractivity (Wildman–Crippen MR) is 121 cm³/mol. The summed E-state index contributed by atoms with van der Waals surface area (Å²) in [6, 6.07) is 4.13. The Hall–Kier alpha value is -3.73. The molecule has 10 nitrogen and oxygen atoms in total. The van der Waals surface area contributed by atoms with E-state index in [9.17, 15) is 14.4 Å². The summed E-state index contributed by atoms with van der Waals surface area (Å²) in [6.45, 7) is 3.25. The van der Waals surface area contributed by atoms with E-state index in [0.717, 1.165) is 23.4 Å². The number of rotatable bonds is 7. The lowest BCUT2D eigenvalue weighted by Crippen LogP contribution is -2.46. The molecule has 4 heterocycles. The van der Waals surface area contributed by atoms with Crippen molar-refractivity contribution in [1.82, 2.24) is 20.8 Å². The van der Waals surface area contributed by atoms with Crippen molar-refractivity contribution in [3.8, 4) is 0 Å². The van der Waals surface area contributed by atoms with Crippen molar-refractivity contribution in [2.24, 2.45) is 0 Å². The van der Waals surface area contributed by atoms with Crippen LogP contribution in [0, 0.1) is 6.92 Å². The summed E-state index contributed by atoms with van der Waals surface area (Å²) in [6.07, 6.45) is 2.00. The monoisotopic (exact) mass is 482 g/mol. The zero-order chi connectivity index (χ0) is 23.8. The Bertz CT molecular complexity index is 1310. The smallest absolute Gasteiger partial charge is 0.339 e. The molecule has 2 amide bonds. The molecule has 176 valence electrons. The number of hydrogen-bond acceptors (Lipinski definition) is 9. The summed E-state index contributed by atoms with van der Waals surface area (Å²) in [5.74, 6) is -0.942.